The van der Waals surface area contributed by atoms with E-state index in [0.717, 1.165) is 11.1 Å². The van der Waals surface area contributed by atoms with Crippen LogP contribution in [0.5, 0.6) is 0 Å². The summed E-state index contributed by atoms with van der Waals surface area (Å²) in [6, 6.07) is 8.42. The maximum atomic E-state index is 14.5. The predicted octanol–water partition coefficient (Wildman–Crippen LogP) is 1.86. The van der Waals surface area contributed by atoms with Crippen molar-refractivity contribution in [2.75, 3.05) is 20.1 Å². The third-order valence-corrected chi connectivity index (χ3v) is 14.4. The molecule has 0 bridgehead atoms. The Morgan fingerprint density at radius 2 is 1.35 bits per heavy atom. The van der Waals surface area contributed by atoms with Crippen molar-refractivity contribution in [1.82, 2.24) is 51.7 Å². The van der Waals surface area contributed by atoms with Gasteiger partial charge in [0.05, 0.1) is 12.4 Å². The van der Waals surface area contributed by atoms with E-state index < -0.39 is 119 Å². The highest BCUT2D eigenvalue weighted by molar-refractivity contribution is 5.98. The van der Waals surface area contributed by atoms with Crippen LogP contribution in [-0.4, -0.2) is 153 Å². The van der Waals surface area contributed by atoms with E-state index in [1.54, 1.807) is 20.8 Å². The maximum Gasteiger partial charge on any atom is 0.326 e. The number of H-pyrrole nitrogens is 1. The monoisotopic (exact) mass is 1100 g/mol. The predicted molar refractivity (Wildman–Crippen MR) is 298 cm³/mol. The van der Waals surface area contributed by atoms with Gasteiger partial charge < -0.3 is 63.3 Å². The van der Waals surface area contributed by atoms with Crippen molar-refractivity contribution in [2.45, 2.75) is 173 Å². The third kappa shape index (κ3) is 19.9. The maximum absolute atomic E-state index is 14.5. The molecule has 0 saturated carbocycles. The number of likely N-dealkylation sites (tertiary alicyclic amines) is 1. The number of aliphatic carboxylic acids is 1. The minimum atomic E-state index is -1.28. The summed E-state index contributed by atoms with van der Waals surface area (Å²) in [6.45, 7) is 12.7. The number of unbranched alkanes of at least 4 members (excludes halogenated alkanes) is 1. The van der Waals surface area contributed by atoms with E-state index in [4.69, 9.17) is 11.5 Å². The zero-order valence-electron chi connectivity index (χ0n) is 47.2. The van der Waals surface area contributed by atoms with E-state index in [0.29, 0.717) is 44.3 Å². The number of aryl methyl sites for hydroxylation is 1. The van der Waals surface area contributed by atoms with Crippen LogP contribution in [0.3, 0.4) is 0 Å². The molecule has 1 aliphatic heterocycles. The normalized spacial score (nSPS) is 16.7. The SMILES string of the molecule is CCC(C)C(NC(=O)C(C)NC(=O)C(CCCCN)NC(=O)C(Cc1cnc[nH]1)NC(=O)C1CCCN1C(=O)C(CC(C)C)NC(=O)C(N)Cc1ccccc1)C(=O)N(C)C(CCc1ccccc1)C(=O)NC(C(=O)O)C(C)C. The lowest BCUT2D eigenvalue weighted by molar-refractivity contribution is -0.146. The number of nitrogens with one attached hydrogen (secondary N) is 7. The number of aromatic nitrogens is 2. The first-order valence-corrected chi connectivity index (χ1v) is 27.7. The minimum absolute atomic E-state index is 0.00996. The fourth-order valence-corrected chi connectivity index (χ4v) is 9.49. The van der Waals surface area contributed by atoms with Crippen molar-refractivity contribution in [3.63, 3.8) is 0 Å². The van der Waals surface area contributed by atoms with E-state index in [2.05, 4.69) is 41.9 Å². The van der Waals surface area contributed by atoms with Crippen LogP contribution in [0.2, 0.25) is 0 Å². The molecular formula is C57H86N12O10. The number of carbonyl (C=O) groups excluding carboxylic acids is 8. The summed E-state index contributed by atoms with van der Waals surface area (Å²) >= 11 is 0. The molecule has 4 rings (SSSR count). The first kappa shape index (κ1) is 64.3. The fraction of sp³-hybridized carbons (Fsp3) is 0.579. The summed E-state index contributed by atoms with van der Waals surface area (Å²) in [5, 5.41) is 26.4. The number of carbonyl (C=O) groups is 9. The van der Waals surface area contributed by atoms with Gasteiger partial charge in [-0.15, -0.1) is 0 Å². The highest BCUT2D eigenvalue weighted by atomic mass is 16.4. The molecule has 3 aromatic rings. The van der Waals surface area contributed by atoms with E-state index in [1.165, 1.54) is 36.3 Å². The molecule has 22 nitrogen and oxygen atoms in total. The molecule has 434 valence electrons. The molecule has 1 saturated heterocycles. The number of rotatable bonds is 32. The van der Waals surface area contributed by atoms with Crippen molar-refractivity contribution >= 4 is 53.2 Å². The Hall–Kier alpha value is -7.20. The first-order chi connectivity index (χ1) is 37.6. The summed E-state index contributed by atoms with van der Waals surface area (Å²) in [7, 11) is 1.44. The fourth-order valence-electron chi connectivity index (χ4n) is 9.49. The summed E-state index contributed by atoms with van der Waals surface area (Å²) in [5.41, 5.74) is 14.4. The topological polar surface area (TPSA) is 333 Å². The lowest BCUT2D eigenvalue weighted by Crippen LogP contribution is -2.61. The number of likely N-dealkylation sites (N-methyl/N-ethyl adjacent to an activating group) is 1. The van der Waals surface area contributed by atoms with Gasteiger partial charge in [0.15, 0.2) is 0 Å². The quantitative estimate of drug-likeness (QED) is 0.0400. The van der Waals surface area contributed by atoms with Crippen LogP contribution < -0.4 is 43.4 Å². The van der Waals surface area contributed by atoms with Crippen LogP contribution in [0.1, 0.15) is 117 Å². The zero-order chi connectivity index (χ0) is 58.3. The van der Waals surface area contributed by atoms with E-state index >= 15 is 0 Å². The number of imidazole rings is 1. The van der Waals surface area contributed by atoms with Crippen LogP contribution in [-0.2, 0) is 62.4 Å². The van der Waals surface area contributed by atoms with Gasteiger partial charge in [-0.1, -0.05) is 109 Å². The number of carboxylic acids is 1. The average Bonchev–Trinajstić information content (AvgIpc) is 4.22. The van der Waals surface area contributed by atoms with E-state index in [1.807, 2.05) is 81.4 Å². The molecule has 0 radical (unpaired) electrons. The third-order valence-electron chi connectivity index (χ3n) is 14.4. The van der Waals surface area contributed by atoms with Gasteiger partial charge in [-0.05, 0) is 100 Å². The highest BCUT2D eigenvalue weighted by Crippen LogP contribution is 2.22. The van der Waals surface area contributed by atoms with Crippen molar-refractivity contribution in [3.8, 4) is 0 Å². The number of hydrogen-bond acceptors (Lipinski definition) is 12. The Kier molecular flexibility index (Phi) is 26.1. The molecule has 10 atom stereocenters. The molecule has 0 spiro atoms. The number of benzene rings is 2. The number of nitrogens with zero attached hydrogens (tertiary/aromatic N) is 3. The lowest BCUT2D eigenvalue weighted by Gasteiger charge is -2.34. The molecule has 22 heteroatoms. The van der Waals surface area contributed by atoms with Crippen LogP contribution in [0.4, 0.5) is 0 Å². The molecule has 2 aromatic carbocycles. The van der Waals surface area contributed by atoms with Gasteiger partial charge >= 0.3 is 5.97 Å². The Bertz CT molecular complexity index is 2460. The molecule has 2 heterocycles. The summed E-state index contributed by atoms with van der Waals surface area (Å²) in [5.74, 6) is -7.18. The number of hydrogen-bond donors (Lipinski definition) is 10. The van der Waals surface area contributed by atoms with Gasteiger partial charge in [-0.2, -0.15) is 0 Å². The number of carboxylic acid groups (broad SMARTS) is 1. The minimum Gasteiger partial charge on any atom is -0.480 e. The van der Waals surface area contributed by atoms with Crippen LogP contribution in [0.25, 0.3) is 0 Å². The second-order valence-electron chi connectivity index (χ2n) is 21.5. The number of nitrogens with two attached hydrogens (primary N) is 2. The summed E-state index contributed by atoms with van der Waals surface area (Å²) in [6.07, 6.45) is 6.08. The van der Waals surface area contributed by atoms with Crippen molar-refractivity contribution in [1.29, 1.82) is 0 Å². The summed E-state index contributed by atoms with van der Waals surface area (Å²) in [4.78, 5) is 135. The molecule has 8 amide bonds. The number of aromatic amines is 1. The Morgan fingerprint density at radius 3 is 1.94 bits per heavy atom. The van der Waals surface area contributed by atoms with Crippen molar-refractivity contribution < 1.29 is 48.3 Å². The number of amides is 8. The molecule has 1 aromatic heterocycles. The second-order valence-corrected chi connectivity index (χ2v) is 21.5. The lowest BCUT2D eigenvalue weighted by atomic mass is 9.95. The average molecular weight is 1100 g/mol. The molecular weight excluding hydrogens is 1010 g/mol. The van der Waals surface area contributed by atoms with Crippen LogP contribution in [0.15, 0.2) is 73.2 Å². The molecule has 1 aliphatic rings. The Labute approximate surface area is 464 Å². The van der Waals surface area contributed by atoms with Crippen LogP contribution in [0, 0.1) is 17.8 Å². The van der Waals surface area contributed by atoms with Crippen molar-refractivity contribution in [3.05, 3.63) is 90.0 Å². The molecule has 1 fully saturated rings. The highest BCUT2D eigenvalue weighted by Gasteiger charge is 2.41. The van der Waals surface area contributed by atoms with Gasteiger partial charge in [0.1, 0.15) is 48.3 Å². The summed E-state index contributed by atoms with van der Waals surface area (Å²) < 4.78 is 0. The Balaban J connectivity index is 1.51. The first-order valence-electron chi connectivity index (χ1n) is 27.7. The van der Waals surface area contributed by atoms with Gasteiger partial charge in [-0.3, -0.25) is 38.4 Å². The second kappa shape index (κ2) is 32.0. The molecule has 12 N–H and O–H groups in total. The van der Waals surface area contributed by atoms with E-state index in [-0.39, 0.29) is 51.0 Å². The standard InChI is InChI=1S/C57H86N12O10/c1-9-36(6)48(56(77)68(8)45(26-25-38-19-12-10-13-20-38)53(74)66-47(35(4)5)57(78)79)67-49(70)37(7)62-51(72)42(23-16-17-27-58)63-52(73)43(31-40-32-60-33-61-40)64-54(75)46-24-18-28-69(46)55(76)44(29-34(2)3)65-50(71)41(59)30-39-21-14-11-15-22-39/h10-15,19-22,32-37,41-48H,9,16-18,23-31,58-59H2,1-8H3,(H,60,61)(H,62,72)(H,63,73)(H,64,75)(H,65,71)(H,66,74)(H,67,70)(H,78,79). The van der Waals surface area contributed by atoms with E-state index in [9.17, 15) is 48.3 Å². The van der Waals surface area contributed by atoms with Gasteiger partial charge in [0.25, 0.3) is 0 Å². The smallest absolute Gasteiger partial charge is 0.326 e. The van der Waals surface area contributed by atoms with Gasteiger partial charge in [0, 0.05) is 31.9 Å². The molecule has 10 unspecified atom stereocenters. The van der Waals surface area contributed by atoms with Crippen molar-refractivity contribution in [2.24, 2.45) is 29.2 Å². The zero-order valence-corrected chi connectivity index (χ0v) is 47.2. The largest absolute Gasteiger partial charge is 0.480 e. The Morgan fingerprint density at radius 1 is 0.734 bits per heavy atom. The van der Waals surface area contributed by atoms with Gasteiger partial charge in [-0.25, -0.2) is 9.78 Å². The molecule has 79 heavy (non-hydrogen) atoms. The molecule has 0 aliphatic carbocycles. The van der Waals surface area contributed by atoms with Gasteiger partial charge in [0.2, 0.25) is 47.3 Å². The van der Waals surface area contributed by atoms with Crippen LogP contribution >= 0.6 is 0 Å².